The molecule has 5 unspecified atom stereocenters. The summed E-state index contributed by atoms with van der Waals surface area (Å²) >= 11 is 0. The summed E-state index contributed by atoms with van der Waals surface area (Å²) in [6.45, 7) is 1.58. The highest BCUT2D eigenvalue weighted by molar-refractivity contribution is 5.94. The first-order valence-corrected chi connectivity index (χ1v) is 12.2. The van der Waals surface area contributed by atoms with Crippen molar-refractivity contribution in [2.24, 2.45) is 17.2 Å². The summed E-state index contributed by atoms with van der Waals surface area (Å²) in [6, 6.07) is 0.612. The molecule has 1 aromatic rings. The summed E-state index contributed by atoms with van der Waals surface area (Å²) in [7, 11) is 0. The summed E-state index contributed by atoms with van der Waals surface area (Å²) in [5, 5.41) is 36.3. The molecule has 0 aliphatic heterocycles. The highest BCUT2D eigenvalue weighted by atomic mass is 16.4. The Kier molecular flexibility index (Phi) is 13.7. The number of benzene rings is 1. The lowest BCUT2D eigenvalue weighted by atomic mass is 10.0. The van der Waals surface area contributed by atoms with Crippen LogP contribution in [0.25, 0.3) is 0 Å². The van der Waals surface area contributed by atoms with Crippen molar-refractivity contribution in [2.45, 2.75) is 75.7 Å². The predicted molar refractivity (Wildman–Crippen MR) is 136 cm³/mol. The van der Waals surface area contributed by atoms with Crippen molar-refractivity contribution in [3.05, 3.63) is 29.8 Å². The number of phenolic OH excluding ortho intramolecular Hbond substituents is 1. The van der Waals surface area contributed by atoms with Crippen molar-refractivity contribution in [1.82, 2.24) is 16.0 Å². The lowest BCUT2D eigenvalue weighted by molar-refractivity contribution is -0.142. The number of phenols is 1. The maximum Gasteiger partial charge on any atom is 0.326 e. The molecule has 1 aromatic carbocycles. The zero-order valence-corrected chi connectivity index (χ0v) is 21.3. The van der Waals surface area contributed by atoms with E-state index in [9.17, 15) is 39.3 Å². The van der Waals surface area contributed by atoms with Crippen LogP contribution in [0.2, 0.25) is 0 Å². The molecule has 212 valence electrons. The number of hydrogen-bond donors (Lipinski definition) is 9. The molecule has 14 nitrogen and oxygen atoms in total. The zero-order valence-electron chi connectivity index (χ0n) is 21.3. The van der Waals surface area contributed by atoms with Gasteiger partial charge in [0.15, 0.2) is 0 Å². The minimum Gasteiger partial charge on any atom is -0.508 e. The molecule has 0 aliphatic rings. The van der Waals surface area contributed by atoms with Crippen LogP contribution in [-0.4, -0.2) is 81.7 Å². The molecule has 0 aromatic heterocycles. The maximum absolute atomic E-state index is 13.0. The number of aliphatic carboxylic acids is 1. The third kappa shape index (κ3) is 11.5. The van der Waals surface area contributed by atoms with Crippen molar-refractivity contribution in [1.29, 1.82) is 0 Å². The lowest BCUT2D eigenvalue weighted by Crippen LogP contribution is -2.59. The van der Waals surface area contributed by atoms with Crippen LogP contribution < -0.4 is 33.2 Å². The summed E-state index contributed by atoms with van der Waals surface area (Å²) < 4.78 is 0. The number of nitrogens with one attached hydrogen (secondary N) is 3. The van der Waals surface area contributed by atoms with E-state index in [0.717, 1.165) is 0 Å². The third-order valence-electron chi connectivity index (χ3n) is 5.67. The van der Waals surface area contributed by atoms with E-state index >= 15 is 0 Å². The number of rotatable bonds is 17. The topological polar surface area (TPSA) is 260 Å². The van der Waals surface area contributed by atoms with Gasteiger partial charge in [-0.15, -0.1) is 0 Å². The van der Waals surface area contributed by atoms with Gasteiger partial charge in [-0.1, -0.05) is 12.1 Å². The number of carboxylic acid groups (broad SMARTS) is 1. The molecule has 0 saturated heterocycles. The highest BCUT2D eigenvalue weighted by Crippen LogP contribution is 2.12. The Hall–Kier alpha value is -3.75. The average molecular weight is 539 g/mol. The fourth-order valence-electron chi connectivity index (χ4n) is 3.46. The van der Waals surface area contributed by atoms with Crippen LogP contribution in [0.1, 0.15) is 44.6 Å². The van der Waals surface area contributed by atoms with Gasteiger partial charge in [0.2, 0.25) is 23.6 Å². The first kappa shape index (κ1) is 32.3. The van der Waals surface area contributed by atoms with Crippen molar-refractivity contribution >= 4 is 29.6 Å². The molecule has 38 heavy (non-hydrogen) atoms. The molecule has 14 heteroatoms. The van der Waals surface area contributed by atoms with Crippen LogP contribution in [0.4, 0.5) is 0 Å². The lowest BCUT2D eigenvalue weighted by Gasteiger charge is -2.26. The number of nitrogens with two attached hydrogens (primary N) is 3. The van der Waals surface area contributed by atoms with Gasteiger partial charge in [0.1, 0.15) is 23.9 Å². The second kappa shape index (κ2) is 16.2. The standard InChI is InChI=1S/C24H38N6O8/c1-13(31)20(30-21(34)16(26)9-10-19(27)33)23(36)28-17(4-2-3-11-25)22(35)29-18(24(37)38)12-14-5-7-15(32)8-6-14/h5-8,13,16-18,20,31-32H,2-4,9-12,25-26H2,1H3,(H2,27,33)(H,28,36)(H,29,35)(H,30,34)(H,37,38). The van der Waals surface area contributed by atoms with E-state index < -0.39 is 59.9 Å². The Morgan fingerprint density at radius 1 is 0.895 bits per heavy atom. The molecular weight excluding hydrogens is 500 g/mol. The second-order valence-electron chi connectivity index (χ2n) is 8.95. The Balaban J connectivity index is 2.97. The minimum absolute atomic E-state index is 0.000855. The van der Waals surface area contributed by atoms with Crippen molar-refractivity contribution < 1.29 is 39.3 Å². The fraction of sp³-hybridized carbons (Fsp3) is 0.542. The van der Waals surface area contributed by atoms with Gasteiger partial charge in [-0.3, -0.25) is 19.2 Å². The summed E-state index contributed by atoms with van der Waals surface area (Å²) in [4.78, 5) is 61.1. The van der Waals surface area contributed by atoms with E-state index in [2.05, 4.69) is 16.0 Å². The van der Waals surface area contributed by atoms with Crippen molar-refractivity contribution in [3.8, 4) is 5.75 Å². The molecule has 0 heterocycles. The molecule has 0 radical (unpaired) electrons. The van der Waals surface area contributed by atoms with Gasteiger partial charge in [0.05, 0.1) is 12.1 Å². The van der Waals surface area contributed by atoms with Crippen LogP contribution >= 0.6 is 0 Å². The number of amides is 4. The summed E-state index contributed by atoms with van der Waals surface area (Å²) in [5.41, 5.74) is 16.8. The Morgan fingerprint density at radius 2 is 1.50 bits per heavy atom. The molecule has 0 saturated carbocycles. The van der Waals surface area contributed by atoms with Crippen molar-refractivity contribution in [2.75, 3.05) is 6.54 Å². The van der Waals surface area contributed by atoms with Gasteiger partial charge in [-0.2, -0.15) is 0 Å². The smallest absolute Gasteiger partial charge is 0.326 e. The van der Waals surface area contributed by atoms with Gasteiger partial charge in [-0.05, 0) is 56.8 Å². The molecule has 5 atom stereocenters. The molecule has 0 aliphatic carbocycles. The van der Waals surface area contributed by atoms with E-state index in [4.69, 9.17) is 17.2 Å². The Morgan fingerprint density at radius 3 is 2.03 bits per heavy atom. The number of unbranched alkanes of at least 4 members (excludes halogenated alkanes) is 1. The molecule has 12 N–H and O–H groups in total. The number of carboxylic acids is 1. The fourth-order valence-corrected chi connectivity index (χ4v) is 3.46. The number of primary amides is 1. The quantitative estimate of drug-likeness (QED) is 0.0947. The first-order valence-electron chi connectivity index (χ1n) is 12.2. The van der Waals surface area contributed by atoms with E-state index in [-0.39, 0.29) is 31.4 Å². The van der Waals surface area contributed by atoms with Crippen LogP contribution in [0, 0.1) is 0 Å². The summed E-state index contributed by atoms with van der Waals surface area (Å²) in [5.74, 6) is -4.45. The molecule has 0 bridgehead atoms. The number of hydrogen-bond acceptors (Lipinski definition) is 9. The number of aromatic hydroxyl groups is 1. The molecule has 1 rings (SSSR count). The average Bonchev–Trinajstić information content (AvgIpc) is 2.85. The Labute approximate surface area is 220 Å². The highest BCUT2D eigenvalue weighted by Gasteiger charge is 2.32. The normalized spacial score (nSPS) is 14.8. The maximum atomic E-state index is 13.0. The second-order valence-corrected chi connectivity index (χ2v) is 8.95. The number of carbonyl (C=O) groups excluding carboxylic acids is 4. The van der Waals surface area contributed by atoms with Gasteiger partial charge >= 0.3 is 5.97 Å². The molecular formula is C24H38N6O8. The van der Waals surface area contributed by atoms with Crippen molar-refractivity contribution in [3.63, 3.8) is 0 Å². The zero-order chi connectivity index (χ0) is 28.8. The predicted octanol–water partition coefficient (Wildman–Crippen LogP) is -2.42. The van der Waals surface area contributed by atoms with E-state index in [1.165, 1.54) is 31.2 Å². The third-order valence-corrected chi connectivity index (χ3v) is 5.67. The molecule has 4 amide bonds. The van der Waals surface area contributed by atoms with Crippen LogP contribution in [-0.2, 0) is 30.4 Å². The van der Waals surface area contributed by atoms with Crippen LogP contribution in [0.15, 0.2) is 24.3 Å². The van der Waals surface area contributed by atoms with Gasteiger partial charge in [0.25, 0.3) is 0 Å². The Bertz CT molecular complexity index is 956. The number of aliphatic hydroxyl groups excluding tert-OH is 1. The van der Waals surface area contributed by atoms with E-state index in [1.54, 1.807) is 0 Å². The van der Waals surface area contributed by atoms with Crippen LogP contribution in [0.5, 0.6) is 5.75 Å². The number of aliphatic hydroxyl groups is 1. The number of carbonyl (C=O) groups is 5. The molecule has 0 fully saturated rings. The van der Waals surface area contributed by atoms with Gasteiger partial charge < -0.3 is 48.5 Å². The SMILES string of the molecule is CC(O)C(NC(=O)C(N)CCC(N)=O)C(=O)NC(CCCCN)C(=O)NC(Cc1ccc(O)cc1)C(=O)O. The first-order chi connectivity index (χ1) is 17.8. The van der Waals surface area contributed by atoms with Crippen LogP contribution in [0.3, 0.4) is 0 Å². The van der Waals surface area contributed by atoms with Gasteiger partial charge in [0, 0.05) is 12.8 Å². The summed E-state index contributed by atoms with van der Waals surface area (Å²) in [6.07, 6.45) is -0.625. The minimum atomic E-state index is -1.49. The largest absolute Gasteiger partial charge is 0.508 e. The van der Waals surface area contributed by atoms with Gasteiger partial charge in [-0.25, -0.2) is 4.79 Å². The monoisotopic (exact) mass is 538 g/mol. The van der Waals surface area contributed by atoms with E-state index in [0.29, 0.717) is 24.9 Å². The van der Waals surface area contributed by atoms with E-state index in [1.807, 2.05) is 0 Å². The molecule has 0 spiro atoms.